The summed E-state index contributed by atoms with van der Waals surface area (Å²) in [5, 5.41) is 10.6. The summed E-state index contributed by atoms with van der Waals surface area (Å²) in [7, 11) is 0. The Hall–Kier alpha value is -1.55. The number of nitrogens with zero attached hydrogens (tertiary/aromatic N) is 1. The second-order valence-electron chi connectivity index (χ2n) is 6.05. The molecular weight excluding hydrogens is 242 g/mol. The van der Waals surface area contributed by atoms with Crippen molar-refractivity contribution in [3.05, 3.63) is 35.9 Å². The fraction of sp³-hybridized carbons (Fsp3) is 0.533. The Kier molecular flexibility index (Phi) is 3.54. The average Bonchev–Trinajstić information content (AvgIpc) is 2.73. The van der Waals surface area contributed by atoms with Gasteiger partial charge in [-0.1, -0.05) is 30.3 Å². The van der Waals surface area contributed by atoms with Crippen LogP contribution in [-0.4, -0.2) is 34.8 Å². The van der Waals surface area contributed by atoms with Crippen molar-refractivity contribution in [3.8, 4) is 0 Å². The first kappa shape index (κ1) is 13.9. The Balaban J connectivity index is 2.06. The molecule has 0 radical (unpaired) electrons. The van der Waals surface area contributed by atoms with Gasteiger partial charge in [-0.25, -0.2) is 4.79 Å². The van der Waals surface area contributed by atoms with E-state index in [1.807, 2.05) is 51.1 Å². The minimum Gasteiger partial charge on any atom is -0.444 e. The molecule has 19 heavy (non-hydrogen) atoms. The summed E-state index contributed by atoms with van der Waals surface area (Å²) in [6, 6.07) is 9.47. The fourth-order valence-electron chi connectivity index (χ4n) is 2.26. The van der Waals surface area contributed by atoms with Crippen LogP contribution >= 0.6 is 0 Å². The number of likely N-dealkylation sites (tertiary alicyclic amines) is 1. The predicted molar refractivity (Wildman–Crippen MR) is 72.8 cm³/mol. The van der Waals surface area contributed by atoms with Crippen molar-refractivity contribution in [1.82, 2.24) is 4.90 Å². The van der Waals surface area contributed by atoms with Gasteiger partial charge >= 0.3 is 6.09 Å². The molecule has 0 aliphatic carbocycles. The van der Waals surface area contributed by atoms with E-state index in [1.165, 1.54) is 0 Å². The molecule has 0 saturated carbocycles. The minimum absolute atomic E-state index is 0.284. The van der Waals surface area contributed by atoms with E-state index in [1.54, 1.807) is 4.90 Å². The van der Waals surface area contributed by atoms with Gasteiger partial charge in [-0.15, -0.1) is 0 Å². The molecular formula is C15H21NO3. The summed E-state index contributed by atoms with van der Waals surface area (Å²) in [5.41, 5.74) is -0.621. The van der Waals surface area contributed by atoms with Crippen molar-refractivity contribution >= 4 is 6.09 Å². The van der Waals surface area contributed by atoms with Gasteiger partial charge in [0, 0.05) is 6.54 Å². The van der Waals surface area contributed by atoms with Gasteiger partial charge in [0.05, 0.1) is 6.54 Å². The lowest BCUT2D eigenvalue weighted by Gasteiger charge is -2.26. The number of β-amino-alcohol motifs (C(OH)–C–C–N with tert-alkyl or cyclic N) is 1. The molecule has 1 atom stereocenters. The normalized spacial score (nSPS) is 23.5. The first-order valence-corrected chi connectivity index (χ1v) is 6.56. The third kappa shape index (κ3) is 3.26. The number of rotatable bonds is 1. The Morgan fingerprint density at radius 3 is 2.53 bits per heavy atom. The van der Waals surface area contributed by atoms with Gasteiger partial charge in [0.1, 0.15) is 11.2 Å². The summed E-state index contributed by atoms with van der Waals surface area (Å²) in [6.45, 7) is 6.31. The van der Waals surface area contributed by atoms with E-state index in [9.17, 15) is 9.90 Å². The van der Waals surface area contributed by atoms with Crippen LogP contribution in [0, 0.1) is 0 Å². The maximum absolute atomic E-state index is 12.0. The zero-order valence-electron chi connectivity index (χ0n) is 11.7. The Labute approximate surface area is 114 Å². The second kappa shape index (κ2) is 4.85. The molecule has 0 aromatic heterocycles. The summed E-state index contributed by atoms with van der Waals surface area (Å²) < 4.78 is 5.33. The zero-order chi connectivity index (χ0) is 14.1. The maximum Gasteiger partial charge on any atom is 0.410 e. The van der Waals surface area contributed by atoms with Crippen LogP contribution < -0.4 is 0 Å². The molecule has 1 aromatic rings. The molecule has 1 heterocycles. The number of amides is 1. The Morgan fingerprint density at radius 1 is 1.32 bits per heavy atom. The number of benzene rings is 1. The van der Waals surface area contributed by atoms with Gasteiger partial charge in [0.2, 0.25) is 0 Å². The predicted octanol–water partition coefficient (Wildman–Crippen LogP) is 2.52. The standard InChI is InChI=1S/C15H21NO3/c1-14(2,3)19-13(17)16-10-9-15(18,11-16)12-7-5-4-6-8-12/h4-8,18H,9-11H2,1-3H3. The number of aliphatic hydroxyl groups is 1. The van der Waals surface area contributed by atoms with E-state index in [-0.39, 0.29) is 12.6 Å². The lowest BCUT2D eigenvalue weighted by Crippen LogP contribution is -2.38. The van der Waals surface area contributed by atoms with Crippen molar-refractivity contribution in [1.29, 1.82) is 0 Å². The number of carbonyl (C=O) groups is 1. The van der Waals surface area contributed by atoms with Crippen molar-refractivity contribution < 1.29 is 14.6 Å². The second-order valence-corrected chi connectivity index (χ2v) is 6.05. The van der Waals surface area contributed by atoms with Crippen LogP contribution in [0.4, 0.5) is 4.79 Å². The number of hydrogen-bond donors (Lipinski definition) is 1. The zero-order valence-corrected chi connectivity index (χ0v) is 11.7. The smallest absolute Gasteiger partial charge is 0.410 e. The van der Waals surface area contributed by atoms with E-state index < -0.39 is 11.2 Å². The highest BCUT2D eigenvalue weighted by Gasteiger charge is 2.40. The summed E-state index contributed by atoms with van der Waals surface area (Å²) in [4.78, 5) is 13.5. The van der Waals surface area contributed by atoms with E-state index >= 15 is 0 Å². The molecule has 0 spiro atoms. The van der Waals surface area contributed by atoms with Crippen LogP contribution in [0.1, 0.15) is 32.8 Å². The molecule has 1 aromatic carbocycles. The molecule has 1 saturated heterocycles. The van der Waals surface area contributed by atoms with Gasteiger partial charge in [-0.2, -0.15) is 0 Å². The Bertz CT molecular complexity index is 452. The maximum atomic E-state index is 12.0. The third-order valence-corrected chi connectivity index (χ3v) is 3.21. The summed E-state index contributed by atoms with van der Waals surface area (Å²) in [5.74, 6) is 0. The molecule has 1 amide bonds. The largest absolute Gasteiger partial charge is 0.444 e. The average molecular weight is 263 g/mol. The van der Waals surface area contributed by atoms with Crippen LogP contribution in [-0.2, 0) is 10.3 Å². The van der Waals surface area contributed by atoms with Crippen molar-refractivity contribution in [3.63, 3.8) is 0 Å². The van der Waals surface area contributed by atoms with Gasteiger partial charge in [0.25, 0.3) is 0 Å². The van der Waals surface area contributed by atoms with E-state index in [0.717, 1.165) is 5.56 Å². The molecule has 4 heteroatoms. The van der Waals surface area contributed by atoms with Gasteiger partial charge in [0.15, 0.2) is 0 Å². The van der Waals surface area contributed by atoms with Crippen molar-refractivity contribution in [2.45, 2.75) is 38.4 Å². The van der Waals surface area contributed by atoms with Crippen molar-refractivity contribution in [2.24, 2.45) is 0 Å². The Morgan fingerprint density at radius 2 is 1.95 bits per heavy atom. The van der Waals surface area contributed by atoms with Crippen LogP contribution in [0.3, 0.4) is 0 Å². The lowest BCUT2D eigenvalue weighted by atomic mass is 9.93. The summed E-state index contributed by atoms with van der Waals surface area (Å²) >= 11 is 0. The monoisotopic (exact) mass is 263 g/mol. The molecule has 104 valence electrons. The molecule has 4 nitrogen and oxygen atoms in total. The van der Waals surface area contributed by atoms with Gasteiger partial charge in [-0.3, -0.25) is 0 Å². The van der Waals surface area contributed by atoms with E-state index in [0.29, 0.717) is 13.0 Å². The van der Waals surface area contributed by atoms with Crippen LogP contribution in [0.5, 0.6) is 0 Å². The molecule has 1 fully saturated rings. The van der Waals surface area contributed by atoms with Crippen LogP contribution in [0.2, 0.25) is 0 Å². The molecule has 1 N–H and O–H groups in total. The topological polar surface area (TPSA) is 49.8 Å². The van der Waals surface area contributed by atoms with Crippen LogP contribution in [0.25, 0.3) is 0 Å². The lowest BCUT2D eigenvalue weighted by molar-refractivity contribution is 0.0140. The number of hydrogen-bond acceptors (Lipinski definition) is 3. The van der Waals surface area contributed by atoms with Crippen LogP contribution in [0.15, 0.2) is 30.3 Å². The highest BCUT2D eigenvalue weighted by molar-refractivity contribution is 5.68. The summed E-state index contributed by atoms with van der Waals surface area (Å²) in [6.07, 6.45) is 0.176. The first-order chi connectivity index (χ1) is 8.80. The quantitative estimate of drug-likeness (QED) is 0.847. The minimum atomic E-state index is -0.960. The third-order valence-electron chi connectivity index (χ3n) is 3.21. The van der Waals surface area contributed by atoms with Gasteiger partial charge < -0.3 is 14.7 Å². The fourth-order valence-corrected chi connectivity index (χ4v) is 2.26. The molecule has 0 bridgehead atoms. The number of ether oxygens (including phenoxy) is 1. The SMILES string of the molecule is CC(C)(C)OC(=O)N1CCC(O)(c2ccccc2)C1. The van der Waals surface area contributed by atoms with Gasteiger partial charge in [-0.05, 0) is 32.8 Å². The van der Waals surface area contributed by atoms with E-state index in [4.69, 9.17) is 4.74 Å². The highest BCUT2D eigenvalue weighted by atomic mass is 16.6. The molecule has 1 aliphatic heterocycles. The van der Waals surface area contributed by atoms with Crippen molar-refractivity contribution in [2.75, 3.05) is 13.1 Å². The first-order valence-electron chi connectivity index (χ1n) is 6.56. The number of carbonyl (C=O) groups excluding carboxylic acids is 1. The molecule has 1 unspecified atom stereocenters. The highest BCUT2D eigenvalue weighted by Crippen LogP contribution is 2.32. The van der Waals surface area contributed by atoms with E-state index in [2.05, 4.69) is 0 Å². The molecule has 1 aliphatic rings. The molecule has 2 rings (SSSR count).